The first-order valence-electron chi connectivity index (χ1n) is 9.77. The van der Waals surface area contributed by atoms with E-state index < -0.39 is 12.6 Å². The molecule has 0 saturated carbocycles. The third kappa shape index (κ3) is 5.11. The topological polar surface area (TPSA) is 82.8 Å². The molecule has 0 saturated heterocycles. The van der Waals surface area contributed by atoms with Crippen molar-refractivity contribution in [2.45, 2.75) is 20.4 Å². The van der Waals surface area contributed by atoms with Crippen LogP contribution in [-0.2, 0) is 11.3 Å². The minimum absolute atomic E-state index is 0.338. The summed E-state index contributed by atoms with van der Waals surface area (Å²) in [7, 11) is 3.19. The molecule has 3 rings (SSSR count). The van der Waals surface area contributed by atoms with E-state index in [4.69, 9.17) is 36.0 Å². The fraction of sp³-hybridized carbons (Fsp3) is 0.304. The van der Waals surface area contributed by atoms with E-state index in [0.717, 1.165) is 11.3 Å². The van der Waals surface area contributed by atoms with Gasteiger partial charge in [-0.15, -0.1) is 0 Å². The van der Waals surface area contributed by atoms with Gasteiger partial charge >= 0.3 is 5.97 Å². The monoisotopic (exact) mass is 444 g/mol. The lowest BCUT2D eigenvalue weighted by molar-refractivity contribution is -0.139. The van der Waals surface area contributed by atoms with E-state index in [1.54, 1.807) is 32.4 Å². The van der Waals surface area contributed by atoms with Crippen molar-refractivity contribution in [2.24, 2.45) is 5.92 Å². The summed E-state index contributed by atoms with van der Waals surface area (Å²) >= 11 is 6.22. The molecule has 8 heteroatoms. The molecule has 0 unspecified atom stereocenters. The zero-order valence-electron chi connectivity index (χ0n) is 17.9. The molecule has 0 fully saturated rings. The van der Waals surface area contributed by atoms with Crippen molar-refractivity contribution in [1.82, 2.24) is 9.78 Å². The first-order chi connectivity index (χ1) is 14.8. The normalized spacial score (nSPS) is 10.9. The van der Waals surface area contributed by atoms with E-state index in [9.17, 15) is 4.79 Å². The molecule has 0 spiro atoms. The lowest BCUT2D eigenvalue weighted by Gasteiger charge is -2.14. The number of aliphatic carboxylic acids is 1. The number of carbonyl (C=O) groups is 1. The van der Waals surface area contributed by atoms with Crippen molar-refractivity contribution in [2.75, 3.05) is 20.8 Å². The summed E-state index contributed by atoms with van der Waals surface area (Å²) in [4.78, 5) is 11.0. The van der Waals surface area contributed by atoms with E-state index in [0.29, 0.717) is 46.0 Å². The Hall–Kier alpha value is -3.19. The number of hydrogen-bond acceptors (Lipinski definition) is 5. The van der Waals surface area contributed by atoms with Crippen molar-refractivity contribution in [3.05, 3.63) is 47.5 Å². The molecule has 0 aliphatic heterocycles. The number of benzene rings is 2. The molecule has 1 N–H and O–H groups in total. The fourth-order valence-corrected chi connectivity index (χ4v) is 3.48. The molecule has 0 aliphatic carbocycles. The number of nitrogens with zero attached hydrogens (tertiary/aromatic N) is 2. The van der Waals surface area contributed by atoms with Crippen LogP contribution in [0.1, 0.15) is 13.8 Å². The van der Waals surface area contributed by atoms with Crippen LogP contribution in [0.25, 0.3) is 22.5 Å². The number of hydrogen-bond donors (Lipinski definition) is 1. The van der Waals surface area contributed by atoms with Crippen LogP contribution in [0.4, 0.5) is 0 Å². The number of para-hydroxylation sites is 1. The molecule has 0 aliphatic rings. The number of halogens is 1. The summed E-state index contributed by atoms with van der Waals surface area (Å²) in [5, 5.41) is 14.3. The van der Waals surface area contributed by atoms with Gasteiger partial charge in [0.2, 0.25) is 0 Å². The van der Waals surface area contributed by atoms with Crippen LogP contribution in [-0.4, -0.2) is 41.7 Å². The van der Waals surface area contributed by atoms with Gasteiger partial charge in [0, 0.05) is 22.7 Å². The van der Waals surface area contributed by atoms with E-state index in [1.807, 2.05) is 28.9 Å². The van der Waals surface area contributed by atoms with Gasteiger partial charge in [0.15, 0.2) is 18.1 Å². The molecular weight excluding hydrogens is 420 g/mol. The maximum absolute atomic E-state index is 11.0. The Morgan fingerprint density at radius 2 is 1.87 bits per heavy atom. The number of carboxylic acids is 1. The Morgan fingerprint density at radius 1 is 1.10 bits per heavy atom. The summed E-state index contributed by atoms with van der Waals surface area (Å²) in [5.41, 5.74) is 2.89. The maximum atomic E-state index is 11.0. The average molecular weight is 445 g/mol. The predicted molar refractivity (Wildman–Crippen MR) is 119 cm³/mol. The minimum Gasteiger partial charge on any atom is -0.493 e. The van der Waals surface area contributed by atoms with Crippen molar-refractivity contribution in [1.29, 1.82) is 0 Å². The number of ether oxygens (including phenoxy) is 3. The highest BCUT2D eigenvalue weighted by molar-refractivity contribution is 6.31. The van der Waals surface area contributed by atoms with Crippen LogP contribution in [0.3, 0.4) is 0 Å². The SMILES string of the molecule is COc1cccc(-c2cc(-c3cc(Cl)ccc3OCC(=O)O)nn2CC(C)C)c1OC. The molecule has 2 aromatic carbocycles. The third-order valence-corrected chi connectivity index (χ3v) is 4.80. The molecule has 0 bridgehead atoms. The van der Waals surface area contributed by atoms with Gasteiger partial charge in [-0.3, -0.25) is 4.68 Å². The summed E-state index contributed by atoms with van der Waals surface area (Å²) in [5.74, 6) is 0.894. The molecule has 1 heterocycles. The number of methoxy groups -OCH3 is 2. The van der Waals surface area contributed by atoms with Crippen LogP contribution in [0.15, 0.2) is 42.5 Å². The van der Waals surface area contributed by atoms with Crippen molar-refractivity contribution in [3.8, 4) is 39.8 Å². The van der Waals surface area contributed by atoms with Crippen LogP contribution in [0.5, 0.6) is 17.2 Å². The summed E-state index contributed by atoms with van der Waals surface area (Å²) in [6, 6.07) is 12.6. The quantitative estimate of drug-likeness (QED) is 0.499. The first kappa shape index (κ1) is 22.5. The smallest absolute Gasteiger partial charge is 0.341 e. The second-order valence-electron chi connectivity index (χ2n) is 7.35. The Kier molecular flexibility index (Phi) is 7.07. The van der Waals surface area contributed by atoms with E-state index in [-0.39, 0.29) is 0 Å². The van der Waals surface area contributed by atoms with E-state index in [2.05, 4.69) is 13.8 Å². The Bertz CT molecular complexity index is 1080. The molecule has 31 heavy (non-hydrogen) atoms. The van der Waals surface area contributed by atoms with Gasteiger partial charge in [0.1, 0.15) is 5.75 Å². The van der Waals surface area contributed by atoms with Gasteiger partial charge in [-0.05, 0) is 42.3 Å². The van der Waals surface area contributed by atoms with Gasteiger partial charge < -0.3 is 19.3 Å². The molecular formula is C23H25ClN2O5. The second kappa shape index (κ2) is 9.75. The van der Waals surface area contributed by atoms with Crippen molar-refractivity contribution < 1.29 is 24.1 Å². The Labute approximate surface area is 186 Å². The lowest BCUT2D eigenvalue weighted by Crippen LogP contribution is -2.10. The zero-order chi connectivity index (χ0) is 22.5. The van der Waals surface area contributed by atoms with Crippen LogP contribution < -0.4 is 14.2 Å². The molecule has 164 valence electrons. The van der Waals surface area contributed by atoms with Gasteiger partial charge in [-0.1, -0.05) is 31.5 Å². The van der Waals surface area contributed by atoms with Crippen LogP contribution in [0.2, 0.25) is 5.02 Å². The molecule has 0 radical (unpaired) electrons. The largest absolute Gasteiger partial charge is 0.493 e. The molecule has 1 aromatic heterocycles. The lowest BCUT2D eigenvalue weighted by atomic mass is 10.1. The molecule has 3 aromatic rings. The minimum atomic E-state index is -1.06. The first-order valence-corrected chi connectivity index (χ1v) is 10.2. The molecule has 0 amide bonds. The highest BCUT2D eigenvalue weighted by Crippen LogP contribution is 2.40. The van der Waals surface area contributed by atoms with Gasteiger partial charge in [-0.2, -0.15) is 5.10 Å². The summed E-state index contributed by atoms with van der Waals surface area (Å²) in [6.45, 7) is 4.42. The number of rotatable bonds is 9. The third-order valence-electron chi connectivity index (χ3n) is 4.57. The van der Waals surface area contributed by atoms with Gasteiger partial charge in [-0.25, -0.2) is 4.79 Å². The molecule has 7 nitrogen and oxygen atoms in total. The highest BCUT2D eigenvalue weighted by atomic mass is 35.5. The van der Waals surface area contributed by atoms with E-state index >= 15 is 0 Å². The average Bonchev–Trinajstić information content (AvgIpc) is 3.14. The van der Waals surface area contributed by atoms with Gasteiger partial charge in [0.25, 0.3) is 0 Å². The predicted octanol–water partition coefficient (Wildman–Crippen LogP) is 5.01. The van der Waals surface area contributed by atoms with Crippen molar-refractivity contribution in [3.63, 3.8) is 0 Å². The second-order valence-corrected chi connectivity index (χ2v) is 7.79. The van der Waals surface area contributed by atoms with Gasteiger partial charge in [0.05, 0.1) is 25.6 Å². The zero-order valence-corrected chi connectivity index (χ0v) is 18.6. The Morgan fingerprint density at radius 3 is 2.52 bits per heavy atom. The van der Waals surface area contributed by atoms with Crippen LogP contribution in [0, 0.1) is 5.92 Å². The van der Waals surface area contributed by atoms with E-state index in [1.165, 1.54) is 0 Å². The van der Waals surface area contributed by atoms with Crippen molar-refractivity contribution >= 4 is 17.6 Å². The Balaban J connectivity index is 2.17. The summed E-state index contributed by atoms with van der Waals surface area (Å²) < 4.78 is 18.5. The number of aromatic nitrogens is 2. The summed E-state index contributed by atoms with van der Waals surface area (Å²) in [6.07, 6.45) is 0. The fourth-order valence-electron chi connectivity index (χ4n) is 3.31. The molecule has 0 atom stereocenters. The highest BCUT2D eigenvalue weighted by Gasteiger charge is 2.20. The van der Waals surface area contributed by atoms with Crippen LogP contribution >= 0.6 is 11.6 Å². The maximum Gasteiger partial charge on any atom is 0.341 e. The standard InChI is InChI=1S/C23H25ClN2O5/c1-14(2)12-26-19(16-6-5-7-21(29-3)23(16)30-4)11-18(25-26)17-10-15(24)8-9-20(17)31-13-22(27)28/h5-11,14H,12-13H2,1-4H3,(H,27,28). The number of carboxylic acid groups (broad SMARTS) is 1.